The van der Waals surface area contributed by atoms with E-state index in [0.717, 1.165) is 30.7 Å². The number of rotatable bonds is 3. The fourth-order valence-corrected chi connectivity index (χ4v) is 2.66. The lowest BCUT2D eigenvalue weighted by Crippen LogP contribution is -2.15. The van der Waals surface area contributed by atoms with Gasteiger partial charge in [0.2, 0.25) is 0 Å². The Morgan fingerprint density at radius 2 is 2.10 bits per heavy atom. The number of carbonyl (C=O) groups excluding carboxylic acids is 1. The van der Waals surface area contributed by atoms with Crippen molar-refractivity contribution in [3.8, 4) is 0 Å². The van der Waals surface area contributed by atoms with Gasteiger partial charge in [-0.05, 0) is 43.2 Å². The van der Waals surface area contributed by atoms with Crippen molar-refractivity contribution in [3.63, 3.8) is 0 Å². The molecular weight excluding hydrogens is 254 g/mol. The van der Waals surface area contributed by atoms with Gasteiger partial charge in [0, 0.05) is 17.7 Å². The Morgan fingerprint density at radius 3 is 2.85 bits per heavy atom. The van der Waals surface area contributed by atoms with E-state index < -0.39 is 0 Å². The van der Waals surface area contributed by atoms with Crippen LogP contribution in [0.1, 0.15) is 40.6 Å². The molecule has 0 saturated heterocycles. The van der Waals surface area contributed by atoms with Crippen molar-refractivity contribution in [2.75, 3.05) is 12.4 Å². The Labute approximate surface area is 117 Å². The first kappa shape index (κ1) is 12.8. The minimum atomic E-state index is -0.314. The molecule has 1 atom stereocenters. The topological polar surface area (TPSA) is 51.5 Å². The first-order valence-electron chi connectivity index (χ1n) is 6.79. The highest BCUT2D eigenvalue weighted by atomic mass is 16.5. The largest absolute Gasteiger partial charge is 0.469 e. The third-order valence-electron chi connectivity index (χ3n) is 3.70. The molecule has 1 aromatic carbocycles. The molecule has 20 heavy (non-hydrogen) atoms. The number of hydrogen-bond acceptors (Lipinski definition) is 4. The zero-order valence-corrected chi connectivity index (χ0v) is 11.4. The van der Waals surface area contributed by atoms with Crippen molar-refractivity contribution in [2.45, 2.75) is 25.3 Å². The van der Waals surface area contributed by atoms with Crippen molar-refractivity contribution in [3.05, 3.63) is 53.5 Å². The van der Waals surface area contributed by atoms with E-state index in [4.69, 9.17) is 9.15 Å². The Hall–Kier alpha value is -2.23. The van der Waals surface area contributed by atoms with Gasteiger partial charge in [-0.1, -0.05) is 0 Å². The lowest BCUT2D eigenvalue weighted by atomic mass is 9.93. The maximum atomic E-state index is 11.4. The number of furan rings is 1. The van der Waals surface area contributed by atoms with Crippen molar-refractivity contribution < 1.29 is 13.9 Å². The van der Waals surface area contributed by atoms with E-state index in [9.17, 15) is 4.79 Å². The first-order chi connectivity index (χ1) is 9.78. The predicted molar refractivity (Wildman–Crippen MR) is 75.8 cm³/mol. The minimum absolute atomic E-state index is 0.279. The molecular formula is C16H17NO3. The van der Waals surface area contributed by atoms with Gasteiger partial charge in [0.05, 0.1) is 25.0 Å². The summed E-state index contributed by atoms with van der Waals surface area (Å²) in [5.41, 5.74) is 2.80. The smallest absolute Gasteiger partial charge is 0.337 e. The summed E-state index contributed by atoms with van der Waals surface area (Å²) in [4.78, 5) is 11.4. The summed E-state index contributed by atoms with van der Waals surface area (Å²) in [6.45, 7) is 0. The number of fused-ring (bicyclic) bond motifs is 1. The molecule has 1 unspecified atom stereocenters. The predicted octanol–water partition coefficient (Wildman–Crippen LogP) is 3.56. The van der Waals surface area contributed by atoms with Crippen LogP contribution in [0.2, 0.25) is 0 Å². The monoisotopic (exact) mass is 271 g/mol. The van der Waals surface area contributed by atoms with E-state index in [1.54, 1.807) is 18.4 Å². The van der Waals surface area contributed by atoms with Crippen LogP contribution < -0.4 is 5.32 Å². The summed E-state index contributed by atoms with van der Waals surface area (Å²) < 4.78 is 10.2. The van der Waals surface area contributed by atoms with Gasteiger partial charge >= 0.3 is 5.97 Å². The van der Waals surface area contributed by atoms with E-state index in [0.29, 0.717) is 5.56 Å². The number of ether oxygens (including phenoxy) is 1. The van der Waals surface area contributed by atoms with Gasteiger partial charge in [-0.2, -0.15) is 0 Å². The number of carbonyl (C=O) groups is 1. The number of hydrogen-bond donors (Lipinski definition) is 1. The van der Waals surface area contributed by atoms with Crippen LogP contribution in [-0.2, 0) is 11.2 Å². The highest BCUT2D eigenvalue weighted by Crippen LogP contribution is 2.33. The summed E-state index contributed by atoms with van der Waals surface area (Å²) >= 11 is 0. The Balaban J connectivity index is 1.75. The normalized spacial score (nSPS) is 17.4. The number of methoxy groups -OCH3 is 1. The maximum Gasteiger partial charge on any atom is 0.337 e. The van der Waals surface area contributed by atoms with Crippen LogP contribution in [0.25, 0.3) is 0 Å². The van der Waals surface area contributed by atoms with Gasteiger partial charge in [0.25, 0.3) is 0 Å². The standard InChI is InChI=1S/C16H17NO3/c1-19-16(18)11-5-7-12(8-6-11)17-14-3-2-4-15-13(14)9-10-20-15/h5-10,14,17H,2-4H2,1H3. The summed E-state index contributed by atoms with van der Waals surface area (Å²) in [7, 11) is 1.39. The molecule has 0 amide bonds. The molecule has 1 aliphatic rings. The quantitative estimate of drug-likeness (QED) is 0.867. The second-order valence-corrected chi connectivity index (χ2v) is 4.96. The van der Waals surface area contributed by atoms with Gasteiger partial charge in [0.15, 0.2) is 0 Å². The van der Waals surface area contributed by atoms with Crippen LogP contribution in [0.15, 0.2) is 41.0 Å². The lowest BCUT2D eigenvalue weighted by Gasteiger charge is -2.23. The highest BCUT2D eigenvalue weighted by Gasteiger charge is 2.22. The Bertz CT molecular complexity index is 600. The average Bonchev–Trinajstić information content (AvgIpc) is 2.97. The number of esters is 1. The third-order valence-corrected chi connectivity index (χ3v) is 3.70. The molecule has 3 rings (SSSR count). The second kappa shape index (κ2) is 5.41. The van der Waals surface area contributed by atoms with E-state index >= 15 is 0 Å². The molecule has 1 aliphatic carbocycles. The molecule has 0 aliphatic heterocycles. The second-order valence-electron chi connectivity index (χ2n) is 4.96. The first-order valence-corrected chi connectivity index (χ1v) is 6.79. The SMILES string of the molecule is COC(=O)c1ccc(NC2CCCc3occc32)cc1. The summed E-state index contributed by atoms with van der Waals surface area (Å²) in [6, 6.07) is 9.66. The van der Waals surface area contributed by atoms with Crippen LogP contribution in [-0.4, -0.2) is 13.1 Å². The number of anilines is 1. The molecule has 0 fully saturated rings. The highest BCUT2D eigenvalue weighted by molar-refractivity contribution is 5.89. The molecule has 2 aromatic rings. The van der Waals surface area contributed by atoms with Crippen molar-refractivity contribution >= 4 is 11.7 Å². The molecule has 4 heteroatoms. The van der Waals surface area contributed by atoms with Crippen molar-refractivity contribution in [1.29, 1.82) is 0 Å². The molecule has 0 radical (unpaired) electrons. The Kier molecular flexibility index (Phi) is 3.46. The molecule has 0 spiro atoms. The summed E-state index contributed by atoms with van der Waals surface area (Å²) in [5.74, 6) is 0.770. The third kappa shape index (κ3) is 2.41. The minimum Gasteiger partial charge on any atom is -0.469 e. The van der Waals surface area contributed by atoms with E-state index in [1.165, 1.54) is 12.7 Å². The summed E-state index contributed by atoms with van der Waals surface area (Å²) in [5, 5.41) is 3.50. The van der Waals surface area contributed by atoms with Gasteiger partial charge in [-0.25, -0.2) is 4.79 Å². The zero-order chi connectivity index (χ0) is 13.9. The summed E-state index contributed by atoms with van der Waals surface area (Å²) in [6.07, 6.45) is 4.98. The molecule has 4 nitrogen and oxygen atoms in total. The zero-order valence-electron chi connectivity index (χ0n) is 11.4. The molecule has 0 saturated carbocycles. The van der Waals surface area contributed by atoms with Crippen LogP contribution in [0.5, 0.6) is 0 Å². The molecule has 1 heterocycles. The van der Waals surface area contributed by atoms with Gasteiger partial charge in [0.1, 0.15) is 5.76 Å². The average molecular weight is 271 g/mol. The van der Waals surface area contributed by atoms with Crippen molar-refractivity contribution in [1.82, 2.24) is 0 Å². The van der Waals surface area contributed by atoms with Gasteiger partial charge in [-0.3, -0.25) is 0 Å². The van der Waals surface area contributed by atoms with E-state index in [-0.39, 0.29) is 12.0 Å². The molecule has 104 valence electrons. The lowest BCUT2D eigenvalue weighted by molar-refractivity contribution is 0.0601. The van der Waals surface area contributed by atoms with Crippen LogP contribution in [0, 0.1) is 0 Å². The fraction of sp³-hybridized carbons (Fsp3) is 0.312. The molecule has 1 aromatic heterocycles. The van der Waals surface area contributed by atoms with Crippen molar-refractivity contribution in [2.24, 2.45) is 0 Å². The number of aryl methyl sites for hydroxylation is 1. The maximum absolute atomic E-state index is 11.4. The molecule has 1 N–H and O–H groups in total. The van der Waals surface area contributed by atoms with E-state index in [1.807, 2.05) is 18.2 Å². The van der Waals surface area contributed by atoms with Gasteiger partial charge in [-0.15, -0.1) is 0 Å². The number of benzene rings is 1. The fourth-order valence-electron chi connectivity index (χ4n) is 2.66. The molecule has 0 bridgehead atoms. The van der Waals surface area contributed by atoms with Crippen LogP contribution >= 0.6 is 0 Å². The number of nitrogens with one attached hydrogen (secondary N) is 1. The van der Waals surface area contributed by atoms with E-state index in [2.05, 4.69) is 5.32 Å². The van der Waals surface area contributed by atoms with Crippen LogP contribution in [0.3, 0.4) is 0 Å². The van der Waals surface area contributed by atoms with Crippen LogP contribution in [0.4, 0.5) is 5.69 Å². The Morgan fingerprint density at radius 1 is 1.30 bits per heavy atom. The van der Waals surface area contributed by atoms with Gasteiger partial charge < -0.3 is 14.5 Å².